The molecule has 0 aliphatic heterocycles. The zero-order valence-electron chi connectivity index (χ0n) is 14.0. The zero-order valence-corrected chi connectivity index (χ0v) is 14.0. The van der Waals surface area contributed by atoms with E-state index >= 15 is 0 Å². The van der Waals surface area contributed by atoms with Crippen molar-refractivity contribution in [3.63, 3.8) is 0 Å². The smallest absolute Gasteiger partial charge is 0.387 e. The van der Waals surface area contributed by atoms with E-state index in [9.17, 15) is 8.78 Å². The maximum Gasteiger partial charge on any atom is 0.387 e. The van der Waals surface area contributed by atoms with E-state index in [1.54, 1.807) is 18.5 Å². The number of aromatic nitrogens is 4. The van der Waals surface area contributed by atoms with Crippen LogP contribution in [-0.4, -0.2) is 25.7 Å². The number of ether oxygens (including phenoxy) is 1. The third-order valence-corrected chi connectivity index (χ3v) is 4.65. The molecule has 0 atom stereocenters. The standard InChI is InChI=1S/C19H13F2N5O/c1-22-11-2-6-14-17(8-11)26(12-3-4-12)19(24-14)25-10-23-15-9-13(27-18(20)21)5-7-16(15)25/h2,5-10,12,18H,3-4H2. The van der Waals surface area contributed by atoms with Crippen LogP contribution in [0.25, 0.3) is 32.9 Å². The Morgan fingerprint density at radius 3 is 2.70 bits per heavy atom. The van der Waals surface area contributed by atoms with E-state index < -0.39 is 6.61 Å². The molecular formula is C19H13F2N5O. The highest BCUT2D eigenvalue weighted by atomic mass is 19.3. The molecule has 0 amide bonds. The van der Waals surface area contributed by atoms with Gasteiger partial charge in [-0.05, 0) is 37.1 Å². The maximum atomic E-state index is 12.4. The van der Waals surface area contributed by atoms with Crippen LogP contribution in [0.15, 0.2) is 42.7 Å². The third kappa shape index (κ3) is 2.59. The van der Waals surface area contributed by atoms with Crippen LogP contribution >= 0.6 is 0 Å². The van der Waals surface area contributed by atoms with Crippen molar-refractivity contribution >= 4 is 27.8 Å². The average Bonchev–Trinajstić information content (AvgIpc) is 3.29. The molecule has 0 saturated heterocycles. The van der Waals surface area contributed by atoms with Gasteiger partial charge in [0.1, 0.15) is 12.1 Å². The normalized spacial score (nSPS) is 14.1. The van der Waals surface area contributed by atoms with Crippen molar-refractivity contribution in [2.24, 2.45) is 0 Å². The summed E-state index contributed by atoms with van der Waals surface area (Å²) in [6.07, 6.45) is 3.74. The summed E-state index contributed by atoms with van der Waals surface area (Å²) < 4.78 is 33.3. The van der Waals surface area contributed by atoms with Gasteiger partial charge in [-0.3, -0.25) is 4.57 Å². The number of hydrogen-bond donors (Lipinski definition) is 0. The van der Waals surface area contributed by atoms with Gasteiger partial charge in [-0.1, -0.05) is 6.07 Å². The third-order valence-electron chi connectivity index (χ3n) is 4.65. The highest BCUT2D eigenvalue weighted by Crippen LogP contribution is 2.41. The van der Waals surface area contributed by atoms with Gasteiger partial charge < -0.3 is 9.30 Å². The Hall–Kier alpha value is -3.47. The van der Waals surface area contributed by atoms with Gasteiger partial charge >= 0.3 is 6.61 Å². The van der Waals surface area contributed by atoms with Crippen LogP contribution in [0.3, 0.4) is 0 Å². The van der Waals surface area contributed by atoms with Gasteiger partial charge in [-0.25, -0.2) is 14.8 Å². The summed E-state index contributed by atoms with van der Waals surface area (Å²) >= 11 is 0. The Bertz CT molecular complexity index is 1220. The van der Waals surface area contributed by atoms with Gasteiger partial charge in [0, 0.05) is 12.1 Å². The molecule has 4 aromatic rings. The molecule has 0 spiro atoms. The fraction of sp³-hybridized carbons (Fsp3) is 0.211. The summed E-state index contributed by atoms with van der Waals surface area (Å²) in [7, 11) is 0. The quantitative estimate of drug-likeness (QED) is 0.485. The van der Waals surface area contributed by atoms with Crippen molar-refractivity contribution in [1.82, 2.24) is 19.1 Å². The Balaban J connectivity index is 1.69. The van der Waals surface area contributed by atoms with Crippen LogP contribution in [0.1, 0.15) is 18.9 Å². The lowest BCUT2D eigenvalue weighted by Gasteiger charge is -2.09. The van der Waals surface area contributed by atoms with Gasteiger partial charge in [0.05, 0.1) is 28.6 Å². The molecule has 0 N–H and O–H groups in total. The highest BCUT2D eigenvalue weighted by molar-refractivity contribution is 5.84. The van der Waals surface area contributed by atoms with Crippen molar-refractivity contribution in [3.05, 3.63) is 54.1 Å². The van der Waals surface area contributed by atoms with Crippen LogP contribution in [-0.2, 0) is 0 Å². The molecule has 0 unspecified atom stereocenters. The molecule has 27 heavy (non-hydrogen) atoms. The van der Waals surface area contributed by atoms with Gasteiger partial charge in [0.15, 0.2) is 5.69 Å². The molecule has 0 radical (unpaired) electrons. The summed E-state index contributed by atoms with van der Waals surface area (Å²) in [6, 6.07) is 10.5. The Labute approximate surface area is 152 Å². The molecule has 5 rings (SSSR count). The first-order valence-electron chi connectivity index (χ1n) is 8.46. The van der Waals surface area contributed by atoms with E-state index in [1.807, 2.05) is 16.7 Å². The van der Waals surface area contributed by atoms with Crippen LogP contribution < -0.4 is 4.74 Å². The van der Waals surface area contributed by atoms with E-state index in [1.165, 1.54) is 12.1 Å². The predicted octanol–water partition coefficient (Wildman–Crippen LogP) is 4.86. The molecule has 2 aromatic heterocycles. The van der Waals surface area contributed by atoms with E-state index in [-0.39, 0.29) is 5.75 Å². The monoisotopic (exact) mass is 365 g/mol. The minimum absolute atomic E-state index is 0.0696. The second kappa shape index (κ2) is 5.77. The topological polar surface area (TPSA) is 49.2 Å². The van der Waals surface area contributed by atoms with Gasteiger partial charge in [0.25, 0.3) is 0 Å². The lowest BCUT2D eigenvalue weighted by Crippen LogP contribution is -2.05. The number of hydrogen-bond acceptors (Lipinski definition) is 3. The van der Waals surface area contributed by atoms with Crippen molar-refractivity contribution in [3.8, 4) is 11.7 Å². The number of fused-ring (bicyclic) bond motifs is 2. The molecule has 1 saturated carbocycles. The summed E-state index contributed by atoms with van der Waals surface area (Å²) in [5, 5.41) is 0. The molecule has 8 heteroatoms. The fourth-order valence-electron chi connectivity index (χ4n) is 3.33. The summed E-state index contributed by atoms with van der Waals surface area (Å²) in [4.78, 5) is 12.6. The van der Waals surface area contributed by atoms with E-state index in [2.05, 4.69) is 19.1 Å². The summed E-state index contributed by atoms with van der Waals surface area (Å²) in [5.74, 6) is 0.778. The van der Waals surface area contributed by atoms with Crippen molar-refractivity contribution in [2.45, 2.75) is 25.5 Å². The largest absolute Gasteiger partial charge is 0.435 e. The van der Waals surface area contributed by atoms with Gasteiger partial charge in [-0.2, -0.15) is 8.78 Å². The number of imidazole rings is 2. The summed E-state index contributed by atoms with van der Waals surface area (Å²) in [5.41, 5.74) is 3.59. The van der Waals surface area contributed by atoms with Crippen molar-refractivity contribution < 1.29 is 13.5 Å². The minimum atomic E-state index is -2.87. The van der Waals surface area contributed by atoms with Crippen molar-refractivity contribution in [1.29, 1.82) is 0 Å². The van der Waals surface area contributed by atoms with E-state index in [4.69, 9.17) is 11.6 Å². The Morgan fingerprint density at radius 2 is 1.96 bits per heavy atom. The number of halogens is 2. The first kappa shape index (κ1) is 15.8. The SMILES string of the molecule is [C-]#[N+]c1ccc2nc(-n3cnc4cc(OC(F)F)ccc43)n(C3CC3)c2c1. The lowest BCUT2D eigenvalue weighted by atomic mass is 10.3. The van der Waals surface area contributed by atoms with Crippen LogP contribution in [0, 0.1) is 6.57 Å². The molecule has 1 fully saturated rings. The average molecular weight is 365 g/mol. The molecule has 1 aliphatic carbocycles. The first-order chi connectivity index (χ1) is 13.1. The molecule has 1 aliphatic rings. The molecule has 0 bridgehead atoms. The van der Waals surface area contributed by atoms with Gasteiger partial charge in [0.2, 0.25) is 5.95 Å². The molecule has 6 nitrogen and oxygen atoms in total. The predicted molar refractivity (Wildman–Crippen MR) is 95.5 cm³/mol. The zero-order chi connectivity index (χ0) is 18.5. The van der Waals surface area contributed by atoms with Gasteiger partial charge in [-0.15, -0.1) is 0 Å². The molecule has 2 heterocycles. The van der Waals surface area contributed by atoms with Crippen LogP contribution in [0.4, 0.5) is 14.5 Å². The Kier molecular flexibility index (Phi) is 3.37. The first-order valence-corrected chi connectivity index (χ1v) is 8.46. The highest BCUT2D eigenvalue weighted by Gasteiger charge is 2.29. The fourth-order valence-corrected chi connectivity index (χ4v) is 3.33. The lowest BCUT2D eigenvalue weighted by molar-refractivity contribution is -0.0497. The molecule has 134 valence electrons. The second-order valence-electron chi connectivity index (χ2n) is 6.44. The molecule has 2 aromatic carbocycles. The van der Waals surface area contributed by atoms with E-state index in [0.29, 0.717) is 23.2 Å². The molecular weight excluding hydrogens is 352 g/mol. The van der Waals surface area contributed by atoms with E-state index in [0.717, 1.165) is 29.4 Å². The number of alkyl halides is 2. The Morgan fingerprint density at radius 1 is 1.11 bits per heavy atom. The minimum Gasteiger partial charge on any atom is -0.435 e. The maximum absolute atomic E-state index is 12.4. The number of rotatable bonds is 4. The summed E-state index contributed by atoms with van der Waals surface area (Å²) in [6.45, 7) is 4.37. The number of benzene rings is 2. The second-order valence-corrected chi connectivity index (χ2v) is 6.44. The van der Waals surface area contributed by atoms with Crippen LogP contribution in [0.2, 0.25) is 0 Å². The number of nitrogens with zero attached hydrogens (tertiary/aromatic N) is 5. The van der Waals surface area contributed by atoms with Crippen molar-refractivity contribution in [2.75, 3.05) is 0 Å². The van der Waals surface area contributed by atoms with Crippen LogP contribution in [0.5, 0.6) is 5.75 Å².